The monoisotopic (exact) mass is 342 g/mol. The third-order valence-electron chi connectivity index (χ3n) is 3.40. The lowest BCUT2D eigenvalue weighted by atomic mass is 10.1. The quantitative estimate of drug-likeness (QED) is 0.667. The zero-order chi connectivity index (χ0) is 15.0. The molecule has 0 amide bonds. The van der Waals surface area contributed by atoms with Crippen molar-refractivity contribution in [2.24, 2.45) is 0 Å². The maximum atomic E-state index is 6.05. The highest BCUT2D eigenvalue weighted by atomic mass is 79.9. The van der Waals surface area contributed by atoms with Crippen LogP contribution in [0.4, 0.5) is 5.69 Å². The van der Waals surface area contributed by atoms with Crippen molar-refractivity contribution in [1.82, 2.24) is 4.98 Å². The van der Waals surface area contributed by atoms with E-state index < -0.39 is 0 Å². The topological polar surface area (TPSA) is 48.1 Å². The van der Waals surface area contributed by atoms with Crippen molar-refractivity contribution >= 4 is 32.5 Å². The van der Waals surface area contributed by atoms with E-state index in [1.54, 1.807) is 6.20 Å². The van der Waals surface area contributed by atoms with Crippen LogP contribution in [0.15, 0.2) is 47.1 Å². The van der Waals surface area contributed by atoms with E-state index in [1.807, 2.05) is 50.2 Å². The molecule has 3 rings (SSSR count). The Balaban J connectivity index is 2.08. The third-order valence-corrected chi connectivity index (χ3v) is 4.65. The van der Waals surface area contributed by atoms with Crippen LogP contribution in [-0.2, 0) is 0 Å². The van der Waals surface area contributed by atoms with Gasteiger partial charge in [-0.15, -0.1) is 0 Å². The minimum absolute atomic E-state index is 0.654. The molecule has 0 radical (unpaired) electrons. The number of para-hydroxylation sites is 1. The molecule has 0 aliphatic heterocycles. The van der Waals surface area contributed by atoms with Crippen molar-refractivity contribution < 1.29 is 4.74 Å². The van der Waals surface area contributed by atoms with Gasteiger partial charge in [-0.25, -0.2) is 0 Å². The molecule has 0 saturated heterocycles. The molecule has 0 saturated carbocycles. The molecule has 3 aromatic rings. The highest BCUT2D eigenvalue weighted by Crippen LogP contribution is 2.33. The summed E-state index contributed by atoms with van der Waals surface area (Å²) in [6.45, 7) is 4.10. The summed E-state index contributed by atoms with van der Waals surface area (Å²) in [5, 5.41) is 0.913. The summed E-state index contributed by atoms with van der Waals surface area (Å²) < 4.78 is 7.16. The van der Waals surface area contributed by atoms with Crippen LogP contribution >= 0.6 is 15.9 Å². The van der Waals surface area contributed by atoms with Crippen molar-refractivity contribution in [3.8, 4) is 11.5 Å². The normalized spacial score (nSPS) is 10.8. The number of hydrogen-bond donors (Lipinski definition) is 1. The molecule has 2 aromatic carbocycles. The molecule has 0 atom stereocenters. The summed E-state index contributed by atoms with van der Waals surface area (Å²) in [5.41, 5.74) is 9.66. The first-order chi connectivity index (χ1) is 10.1. The molecule has 0 bridgehead atoms. The van der Waals surface area contributed by atoms with Crippen molar-refractivity contribution in [2.45, 2.75) is 13.8 Å². The van der Waals surface area contributed by atoms with Crippen molar-refractivity contribution in [1.29, 1.82) is 0 Å². The molecule has 0 unspecified atom stereocenters. The van der Waals surface area contributed by atoms with Gasteiger partial charge in [-0.3, -0.25) is 4.98 Å². The lowest BCUT2D eigenvalue weighted by molar-refractivity contribution is 0.487. The Morgan fingerprint density at radius 2 is 1.81 bits per heavy atom. The first kappa shape index (κ1) is 13.9. The minimum atomic E-state index is 0.654. The molecule has 4 heteroatoms. The largest absolute Gasteiger partial charge is 0.457 e. The third kappa shape index (κ3) is 2.59. The number of benzene rings is 2. The molecule has 21 heavy (non-hydrogen) atoms. The summed E-state index contributed by atoms with van der Waals surface area (Å²) >= 11 is 3.57. The molecule has 0 aliphatic carbocycles. The van der Waals surface area contributed by atoms with Gasteiger partial charge in [0.1, 0.15) is 11.5 Å². The number of hydrogen-bond acceptors (Lipinski definition) is 3. The maximum Gasteiger partial charge on any atom is 0.138 e. The molecule has 0 fully saturated rings. The number of ether oxygens (including phenoxy) is 1. The average Bonchev–Trinajstić information content (AvgIpc) is 2.46. The van der Waals surface area contributed by atoms with E-state index in [1.165, 1.54) is 0 Å². The molecule has 0 spiro atoms. The van der Waals surface area contributed by atoms with Crippen LogP contribution in [0.3, 0.4) is 0 Å². The van der Waals surface area contributed by atoms with Crippen LogP contribution < -0.4 is 10.5 Å². The van der Waals surface area contributed by atoms with Gasteiger partial charge in [0.2, 0.25) is 0 Å². The van der Waals surface area contributed by atoms with E-state index in [-0.39, 0.29) is 0 Å². The molecule has 1 heterocycles. The Bertz CT molecular complexity index is 807. The molecule has 3 nitrogen and oxygen atoms in total. The predicted octanol–water partition coefficient (Wildman–Crippen LogP) is 4.99. The van der Waals surface area contributed by atoms with E-state index in [0.29, 0.717) is 5.69 Å². The number of pyridine rings is 1. The Hall–Kier alpha value is -2.07. The van der Waals surface area contributed by atoms with E-state index in [9.17, 15) is 0 Å². The fourth-order valence-electron chi connectivity index (χ4n) is 2.35. The first-order valence-corrected chi connectivity index (χ1v) is 7.43. The van der Waals surface area contributed by atoms with Crippen LogP contribution in [0.25, 0.3) is 10.9 Å². The standard InChI is InChI=1S/C17H15BrN2O/c1-10-8-12(9-11(2)16(10)18)21-15-6-7-20-17-13(15)4-3-5-14(17)19/h3-9H,19H2,1-2H3. The smallest absolute Gasteiger partial charge is 0.138 e. The first-order valence-electron chi connectivity index (χ1n) is 6.64. The summed E-state index contributed by atoms with van der Waals surface area (Å²) in [7, 11) is 0. The highest BCUT2D eigenvalue weighted by molar-refractivity contribution is 9.10. The molecule has 0 aliphatic rings. The second kappa shape index (κ2) is 5.37. The van der Waals surface area contributed by atoms with Crippen molar-refractivity contribution in [3.63, 3.8) is 0 Å². The van der Waals surface area contributed by atoms with Gasteiger partial charge in [-0.2, -0.15) is 0 Å². The molecular formula is C17H15BrN2O. The number of rotatable bonds is 2. The Kier molecular flexibility index (Phi) is 3.55. The van der Waals surface area contributed by atoms with Gasteiger partial charge in [0, 0.05) is 16.1 Å². The number of nitrogens with zero attached hydrogens (tertiary/aromatic N) is 1. The van der Waals surface area contributed by atoms with Gasteiger partial charge in [-0.1, -0.05) is 22.0 Å². The van der Waals surface area contributed by atoms with Crippen molar-refractivity contribution in [2.75, 3.05) is 5.73 Å². The maximum absolute atomic E-state index is 6.05. The van der Waals surface area contributed by atoms with E-state index in [4.69, 9.17) is 10.5 Å². The fourth-order valence-corrected chi connectivity index (χ4v) is 2.58. The van der Waals surface area contributed by atoms with E-state index in [2.05, 4.69) is 20.9 Å². The van der Waals surface area contributed by atoms with Gasteiger partial charge in [0.15, 0.2) is 0 Å². The van der Waals surface area contributed by atoms with E-state index >= 15 is 0 Å². The van der Waals surface area contributed by atoms with Crippen molar-refractivity contribution in [3.05, 3.63) is 58.2 Å². The highest BCUT2D eigenvalue weighted by Gasteiger charge is 2.08. The van der Waals surface area contributed by atoms with Gasteiger partial charge in [0.25, 0.3) is 0 Å². The summed E-state index contributed by atoms with van der Waals surface area (Å²) in [6, 6.07) is 11.6. The number of aromatic nitrogens is 1. The minimum Gasteiger partial charge on any atom is -0.457 e. The molecule has 106 valence electrons. The van der Waals surface area contributed by atoms with Crippen LogP contribution in [-0.4, -0.2) is 4.98 Å². The number of nitrogen functional groups attached to an aromatic ring is 1. The average molecular weight is 343 g/mol. The van der Waals surface area contributed by atoms with E-state index in [0.717, 1.165) is 38.0 Å². The zero-order valence-corrected chi connectivity index (χ0v) is 13.4. The zero-order valence-electron chi connectivity index (χ0n) is 11.9. The van der Waals surface area contributed by atoms with Gasteiger partial charge >= 0.3 is 0 Å². The van der Waals surface area contributed by atoms with Crippen LogP contribution in [0.1, 0.15) is 11.1 Å². The fraction of sp³-hybridized carbons (Fsp3) is 0.118. The Labute approximate surface area is 131 Å². The Morgan fingerprint density at radius 3 is 2.52 bits per heavy atom. The summed E-state index contributed by atoms with van der Waals surface area (Å²) in [6.07, 6.45) is 1.71. The van der Waals surface area contributed by atoms with Crippen LogP contribution in [0.5, 0.6) is 11.5 Å². The lowest BCUT2D eigenvalue weighted by Crippen LogP contribution is -1.93. The molecule has 1 aromatic heterocycles. The number of fused-ring (bicyclic) bond motifs is 1. The predicted molar refractivity (Wildman–Crippen MR) is 89.8 cm³/mol. The number of halogens is 1. The van der Waals surface area contributed by atoms with Crippen LogP contribution in [0, 0.1) is 13.8 Å². The van der Waals surface area contributed by atoms with Gasteiger partial charge in [-0.05, 0) is 55.3 Å². The van der Waals surface area contributed by atoms with Gasteiger partial charge < -0.3 is 10.5 Å². The SMILES string of the molecule is Cc1cc(Oc2ccnc3c(N)cccc23)cc(C)c1Br. The number of nitrogens with two attached hydrogens (primary N) is 1. The van der Waals surface area contributed by atoms with Crippen LogP contribution in [0.2, 0.25) is 0 Å². The second-order valence-electron chi connectivity index (χ2n) is 5.03. The molecular weight excluding hydrogens is 328 g/mol. The summed E-state index contributed by atoms with van der Waals surface area (Å²) in [5.74, 6) is 1.57. The molecule has 2 N–H and O–H groups in total. The lowest BCUT2D eigenvalue weighted by Gasteiger charge is -2.12. The second-order valence-corrected chi connectivity index (χ2v) is 5.82. The number of anilines is 1. The number of aryl methyl sites for hydroxylation is 2. The Morgan fingerprint density at radius 1 is 1.10 bits per heavy atom. The van der Waals surface area contributed by atoms with Gasteiger partial charge in [0.05, 0.1) is 11.2 Å². The summed E-state index contributed by atoms with van der Waals surface area (Å²) in [4.78, 5) is 4.32.